The van der Waals surface area contributed by atoms with Crippen LogP contribution >= 0.6 is 0 Å². The summed E-state index contributed by atoms with van der Waals surface area (Å²) >= 11 is 0. The van der Waals surface area contributed by atoms with Gasteiger partial charge < -0.3 is 4.98 Å². The summed E-state index contributed by atoms with van der Waals surface area (Å²) in [4.78, 5) is 7.37. The Balaban J connectivity index is 2.31. The lowest BCUT2D eigenvalue weighted by atomic mass is 10.0. The third kappa shape index (κ3) is 1.40. The summed E-state index contributed by atoms with van der Waals surface area (Å²) in [6, 6.07) is 4.22. The average molecular weight is 194 g/mol. The molecule has 1 aliphatic rings. The van der Waals surface area contributed by atoms with Gasteiger partial charge in [0.15, 0.2) is 0 Å². The molecular formula is C13H10N2. The Morgan fingerprint density at radius 3 is 2.40 bits per heavy atom. The first-order chi connectivity index (χ1) is 7.43. The molecule has 0 spiro atoms. The van der Waals surface area contributed by atoms with E-state index in [1.54, 1.807) is 6.33 Å². The number of H-pyrrole nitrogens is 1. The number of imidazole rings is 1. The Kier molecular flexibility index (Phi) is 1.78. The molecule has 1 heterocycles. The second-order valence-corrected chi connectivity index (χ2v) is 3.50. The predicted molar refractivity (Wildman–Crippen MR) is 63.3 cm³/mol. The third-order valence-electron chi connectivity index (χ3n) is 2.51. The van der Waals surface area contributed by atoms with Gasteiger partial charge in [-0.1, -0.05) is 36.5 Å². The normalized spacial score (nSPS) is 13.9. The fraction of sp³-hybridized carbons (Fsp3) is 0. The number of nitrogens with zero attached hydrogens (tertiary/aromatic N) is 1. The number of fused-ring (bicyclic) bond motifs is 2. The summed E-state index contributed by atoms with van der Waals surface area (Å²) in [6.45, 7) is 0. The summed E-state index contributed by atoms with van der Waals surface area (Å²) in [7, 11) is 0. The molecule has 0 saturated carbocycles. The van der Waals surface area contributed by atoms with Gasteiger partial charge in [-0.25, -0.2) is 4.98 Å². The third-order valence-corrected chi connectivity index (χ3v) is 2.51. The fourth-order valence-corrected chi connectivity index (χ4v) is 1.75. The van der Waals surface area contributed by atoms with E-state index in [0.717, 1.165) is 11.0 Å². The van der Waals surface area contributed by atoms with Crippen LogP contribution in [0.3, 0.4) is 0 Å². The molecule has 1 aromatic carbocycles. The van der Waals surface area contributed by atoms with E-state index in [1.807, 2.05) is 24.3 Å². The van der Waals surface area contributed by atoms with Crippen LogP contribution in [0.5, 0.6) is 0 Å². The van der Waals surface area contributed by atoms with Gasteiger partial charge in [0.05, 0.1) is 17.4 Å². The lowest BCUT2D eigenvalue weighted by Gasteiger charge is -2.02. The largest absolute Gasteiger partial charge is 0.345 e. The Labute approximate surface area is 87.7 Å². The molecule has 0 atom stereocenters. The van der Waals surface area contributed by atoms with Crippen molar-refractivity contribution in [3.8, 4) is 0 Å². The molecule has 0 saturated heterocycles. The van der Waals surface area contributed by atoms with Crippen LogP contribution in [0.4, 0.5) is 0 Å². The van der Waals surface area contributed by atoms with Gasteiger partial charge in [0.1, 0.15) is 0 Å². The minimum Gasteiger partial charge on any atom is -0.345 e. The zero-order valence-electron chi connectivity index (χ0n) is 8.14. The molecule has 1 aliphatic carbocycles. The molecule has 3 rings (SSSR count). The highest BCUT2D eigenvalue weighted by molar-refractivity contribution is 5.83. The van der Waals surface area contributed by atoms with Crippen molar-refractivity contribution in [1.29, 1.82) is 0 Å². The van der Waals surface area contributed by atoms with Gasteiger partial charge in [-0.15, -0.1) is 0 Å². The summed E-state index contributed by atoms with van der Waals surface area (Å²) in [5.74, 6) is 0. The highest BCUT2D eigenvalue weighted by Crippen LogP contribution is 2.20. The van der Waals surface area contributed by atoms with Crippen LogP contribution in [0.25, 0.3) is 23.2 Å². The summed E-state index contributed by atoms with van der Waals surface area (Å²) in [6.07, 6.45) is 14.1. The van der Waals surface area contributed by atoms with Gasteiger partial charge in [0, 0.05) is 0 Å². The summed E-state index contributed by atoms with van der Waals surface area (Å²) in [5, 5.41) is 0. The quantitative estimate of drug-likeness (QED) is 0.685. The standard InChI is InChI=1S/C13H10N2/c1-2-4-6-11-8-13-12(14-9-15-13)7-10(11)5-3-1/h1-9H,(H,14,15). The van der Waals surface area contributed by atoms with Crippen LogP contribution < -0.4 is 0 Å². The molecule has 1 N–H and O–H groups in total. The second kappa shape index (κ2) is 3.24. The zero-order chi connectivity index (χ0) is 10.1. The molecule has 72 valence electrons. The van der Waals surface area contributed by atoms with E-state index in [-0.39, 0.29) is 0 Å². The van der Waals surface area contributed by atoms with Crippen LogP contribution in [0, 0.1) is 0 Å². The molecule has 0 unspecified atom stereocenters. The second-order valence-electron chi connectivity index (χ2n) is 3.50. The van der Waals surface area contributed by atoms with E-state index in [4.69, 9.17) is 0 Å². The lowest BCUT2D eigenvalue weighted by Crippen LogP contribution is -1.83. The first-order valence-electron chi connectivity index (χ1n) is 4.92. The highest BCUT2D eigenvalue weighted by Gasteiger charge is 2.02. The zero-order valence-corrected chi connectivity index (χ0v) is 8.14. The van der Waals surface area contributed by atoms with E-state index in [9.17, 15) is 0 Å². The van der Waals surface area contributed by atoms with Crippen molar-refractivity contribution < 1.29 is 0 Å². The van der Waals surface area contributed by atoms with Crippen molar-refractivity contribution >= 4 is 23.2 Å². The van der Waals surface area contributed by atoms with Crippen LogP contribution in [0.15, 0.2) is 42.8 Å². The van der Waals surface area contributed by atoms with Gasteiger partial charge in [-0.3, -0.25) is 0 Å². The van der Waals surface area contributed by atoms with Crippen molar-refractivity contribution in [2.45, 2.75) is 0 Å². The molecule has 0 radical (unpaired) electrons. The molecule has 0 fully saturated rings. The lowest BCUT2D eigenvalue weighted by molar-refractivity contribution is 1.34. The van der Waals surface area contributed by atoms with Crippen LogP contribution in [0.1, 0.15) is 11.1 Å². The monoisotopic (exact) mass is 194 g/mol. The number of benzene rings is 1. The number of hydrogen-bond acceptors (Lipinski definition) is 1. The Bertz CT molecular complexity index is 536. The van der Waals surface area contributed by atoms with Gasteiger partial charge >= 0.3 is 0 Å². The first-order valence-corrected chi connectivity index (χ1v) is 4.92. The Morgan fingerprint density at radius 1 is 0.867 bits per heavy atom. The molecule has 2 heteroatoms. The molecule has 1 aromatic heterocycles. The maximum absolute atomic E-state index is 4.25. The van der Waals surface area contributed by atoms with Gasteiger partial charge in [0.25, 0.3) is 0 Å². The molecule has 15 heavy (non-hydrogen) atoms. The molecule has 0 aliphatic heterocycles. The molecule has 2 nitrogen and oxygen atoms in total. The Hall–Kier alpha value is -2.09. The van der Waals surface area contributed by atoms with Crippen molar-refractivity contribution in [2.24, 2.45) is 0 Å². The van der Waals surface area contributed by atoms with Crippen LogP contribution in [0.2, 0.25) is 0 Å². The highest BCUT2D eigenvalue weighted by atomic mass is 14.9. The van der Waals surface area contributed by atoms with Gasteiger partial charge in [-0.2, -0.15) is 0 Å². The first kappa shape index (κ1) is 8.24. The van der Waals surface area contributed by atoms with Gasteiger partial charge in [0.2, 0.25) is 0 Å². The number of nitrogens with one attached hydrogen (secondary N) is 1. The van der Waals surface area contributed by atoms with Crippen molar-refractivity contribution in [2.75, 3.05) is 0 Å². The predicted octanol–water partition coefficient (Wildman–Crippen LogP) is 3.16. The molecule has 0 bridgehead atoms. The van der Waals surface area contributed by atoms with E-state index in [2.05, 4.69) is 34.3 Å². The van der Waals surface area contributed by atoms with Crippen molar-refractivity contribution in [3.63, 3.8) is 0 Å². The number of rotatable bonds is 0. The average Bonchev–Trinajstić information content (AvgIpc) is 2.64. The van der Waals surface area contributed by atoms with Crippen LogP contribution in [-0.4, -0.2) is 9.97 Å². The van der Waals surface area contributed by atoms with E-state index < -0.39 is 0 Å². The molecule has 2 aromatic rings. The maximum Gasteiger partial charge on any atom is 0.0931 e. The molecular weight excluding hydrogens is 184 g/mol. The van der Waals surface area contributed by atoms with Crippen molar-refractivity contribution in [3.05, 3.63) is 53.9 Å². The minimum absolute atomic E-state index is 1.01. The van der Waals surface area contributed by atoms with Crippen molar-refractivity contribution in [1.82, 2.24) is 9.97 Å². The summed E-state index contributed by atoms with van der Waals surface area (Å²) < 4.78 is 0. The topological polar surface area (TPSA) is 28.7 Å². The number of allylic oxidation sites excluding steroid dienone is 4. The van der Waals surface area contributed by atoms with E-state index in [1.165, 1.54) is 11.1 Å². The SMILES string of the molecule is C1=CC=Cc2cc3[nH]cnc3cc2C=C1. The number of aromatic amines is 1. The Morgan fingerprint density at radius 2 is 1.60 bits per heavy atom. The maximum atomic E-state index is 4.25. The molecule has 0 amide bonds. The number of aromatic nitrogens is 2. The van der Waals surface area contributed by atoms with E-state index in [0.29, 0.717) is 0 Å². The minimum atomic E-state index is 1.01. The van der Waals surface area contributed by atoms with E-state index >= 15 is 0 Å². The smallest absolute Gasteiger partial charge is 0.0931 e. The van der Waals surface area contributed by atoms with Gasteiger partial charge in [-0.05, 0) is 23.3 Å². The number of hydrogen-bond donors (Lipinski definition) is 1. The van der Waals surface area contributed by atoms with Crippen LogP contribution in [-0.2, 0) is 0 Å². The summed E-state index contributed by atoms with van der Waals surface area (Å²) in [5.41, 5.74) is 4.51. The fourth-order valence-electron chi connectivity index (χ4n) is 1.75.